The van der Waals surface area contributed by atoms with E-state index in [4.69, 9.17) is 16.2 Å². The van der Waals surface area contributed by atoms with Crippen molar-refractivity contribution in [2.75, 3.05) is 32.9 Å². The predicted octanol–water partition coefficient (Wildman–Crippen LogP) is -9.50. The number of aldehydes is 1. The van der Waals surface area contributed by atoms with Gasteiger partial charge in [-0.05, 0) is 0 Å². The number of aliphatic hydroxyl groups is 7. The number of nitrogens with zero attached hydrogens (tertiary/aromatic N) is 3. The molecule has 41 heavy (non-hydrogen) atoms. The fraction of sp³-hybridized carbons (Fsp3) is 0.762. The number of aliphatic hydroxyl groups excluding tert-OH is 7. The van der Waals surface area contributed by atoms with Gasteiger partial charge in [0.1, 0.15) is 61.1 Å². The summed E-state index contributed by atoms with van der Waals surface area (Å²) >= 11 is 0. The first-order valence-electron chi connectivity index (χ1n) is 12.6. The van der Waals surface area contributed by atoms with E-state index in [-0.39, 0.29) is 31.3 Å². The van der Waals surface area contributed by atoms with Crippen LogP contribution in [0.15, 0.2) is 9.98 Å². The van der Waals surface area contributed by atoms with Crippen molar-refractivity contribution in [2.24, 2.45) is 21.5 Å². The zero-order valence-electron chi connectivity index (χ0n) is 21.7. The Morgan fingerprint density at radius 2 is 1.76 bits per heavy atom. The second-order valence-electron chi connectivity index (χ2n) is 9.63. The van der Waals surface area contributed by atoms with Crippen LogP contribution < -0.4 is 32.7 Å². The molecule has 20 heteroatoms. The van der Waals surface area contributed by atoms with E-state index in [0.29, 0.717) is 0 Å². The maximum Gasteiger partial charge on any atom is 0.246 e. The van der Waals surface area contributed by atoms with Crippen LogP contribution in [0.2, 0.25) is 0 Å². The number of nitrogens with two attached hydrogens (primary N) is 2. The van der Waals surface area contributed by atoms with Crippen LogP contribution in [0.5, 0.6) is 0 Å². The molecule has 1 saturated heterocycles. The molecule has 0 aromatic carbocycles. The molecular formula is C21H37N9O11. The normalized spacial score (nSPS) is 32.7. The van der Waals surface area contributed by atoms with Gasteiger partial charge >= 0.3 is 0 Å². The summed E-state index contributed by atoms with van der Waals surface area (Å²) in [7, 11) is 0. The molecule has 3 aliphatic rings. The SMILES string of the molecule is NC1=NCC(N[C@@H](CO)C(=O)N[C@@H](C(=O)N[C@H](C=O)CO)C(O)C2CN=C(N)N2C2O[C@H](CO)[C@@H](O)[C@H](O)[C@@H]2O)N1. The van der Waals surface area contributed by atoms with E-state index in [1.165, 1.54) is 0 Å². The number of aliphatic imine (C=N–C) groups is 2. The van der Waals surface area contributed by atoms with Crippen molar-refractivity contribution in [3.05, 3.63) is 0 Å². The first-order valence-corrected chi connectivity index (χ1v) is 12.6. The number of hydrogen-bond acceptors (Lipinski definition) is 18. The van der Waals surface area contributed by atoms with E-state index < -0.39 is 98.7 Å². The van der Waals surface area contributed by atoms with E-state index in [1.807, 2.05) is 0 Å². The minimum atomic E-state index is -1.90. The molecule has 0 spiro atoms. The fourth-order valence-corrected chi connectivity index (χ4v) is 4.62. The minimum Gasteiger partial charge on any atom is -0.394 e. The van der Waals surface area contributed by atoms with Crippen molar-refractivity contribution < 1.29 is 54.9 Å². The quantitative estimate of drug-likeness (QED) is 0.0884. The molecule has 0 bridgehead atoms. The van der Waals surface area contributed by atoms with Crippen LogP contribution in [0.4, 0.5) is 0 Å². The van der Waals surface area contributed by atoms with E-state index >= 15 is 0 Å². The van der Waals surface area contributed by atoms with Crippen molar-refractivity contribution in [1.82, 2.24) is 26.2 Å². The number of carbonyl (C=O) groups excluding carboxylic acids is 3. The minimum absolute atomic E-state index is 0.100. The van der Waals surface area contributed by atoms with Crippen molar-refractivity contribution in [2.45, 2.75) is 67.1 Å². The average Bonchev–Trinajstić information content (AvgIpc) is 3.56. The summed E-state index contributed by atoms with van der Waals surface area (Å²) in [6, 6.07) is -5.89. The van der Waals surface area contributed by atoms with Crippen LogP contribution in [0.25, 0.3) is 0 Å². The lowest BCUT2D eigenvalue weighted by Gasteiger charge is -2.46. The highest BCUT2D eigenvalue weighted by molar-refractivity contribution is 5.92. The summed E-state index contributed by atoms with van der Waals surface area (Å²) in [5.74, 6) is -2.27. The summed E-state index contributed by atoms with van der Waals surface area (Å²) in [5.41, 5.74) is 11.5. The van der Waals surface area contributed by atoms with E-state index in [1.54, 1.807) is 0 Å². The molecule has 3 aliphatic heterocycles. The molecule has 4 unspecified atom stereocenters. The number of carbonyl (C=O) groups is 3. The molecule has 2 amide bonds. The predicted molar refractivity (Wildman–Crippen MR) is 136 cm³/mol. The molecular weight excluding hydrogens is 554 g/mol. The Hall–Kier alpha value is -3.21. The topological polar surface area (TPSA) is 330 Å². The van der Waals surface area contributed by atoms with Crippen molar-refractivity contribution in [1.29, 1.82) is 0 Å². The smallest absolute Gasteiger partial charge is 0.246 e. The fourth-order valence-electron chi connectivity index (χ4n) is 4.62. The largest absolute Gasteiger partial charge is 0.394 e. The standard InChI is InChI=1S/C21H37N9O11/c22-20-24-2-11(28-20)27-8(5-33)17(39)29-12(18(40)26-7(3-31)4-32)13(35)9-1-25-21(23)30(9)19-16(38)15(37)14(36)10(6-34)41-19/h3,7-16,19,27,32-38H,1-2,4-6H2,(H2,23,25)(H,26,40)(H,29,39)(H3,22,24,28)/t7-,8+,9?,10-,11?,12-,13?,14-,15+,16+,19?/m1/s1. The molecule has 0 aliphatic carbocycles. The van der Waals surface area contributed by atoms with Gasteiger partial charge in [-0.15, -0.1) is 0 Å². The van der Waals surface area contributed by atoms with Crippen LogP contribution in [-0.2, 0) is 19.1 Å². The molecule has 20 nitrogen and oxygen atoms in total. The molecule has 0 aromatic rings. The lowest BCUT2D eigenvalue weighted by Crippen LogP contribution is -2.69. The Morgan fingerprint density at radius 1 is 1.05 bits per heavy atom. The monoisotopic (exact) mass is 591 g/mol. The molecule has 3 rings (SSSR count). The zero-order chi connectivity index (χ0) is 30.4. The second kappa shape index (κ2) is 14.1. The summed E-state index contributed by atoms with van der Waals surface area (Å²) in [6.07, 6.45) is -10.5. The van der Waals surface area contributed by atoms with Gasteiger partial charge in [0, 0.05) is 0 Å². The maximum atomic E-state index is 13.2. The molecule has 0 radical (unpaired) electrons. The van der Waals surface area contributed by atoms with Crippen LogP contribution in [-0.4, -0.2) is 171 Å². The van der Waals surface area contributed by atoms with E-state index in [0.717, 1.165) is 4.90 Å². The molecule has 3 heterocycles. The zero-order valence-corrected chi connectivity index (χ0v) is 21.7. The molecule has 1 fully saturated rings. The summed E-state index contributed by atoms with van der Waals surface area (Å²) in [6.45, 7) is -2.47. The molecule has 11 atom stereocenters. The Labute approximate surface area is 233 Å². The number of nitrogens with one attached hydrogen (secondary N) is 4. The molecule has 0 saturated carbocycles. The van der Waals surface area contributed by atoms with Gasteiger partial charge in [0.2, 0.25) is 11.8 Å². The molecule has 0 aromatic heterocycles. The van der Waals surface area contributed by atoms with Crippen molar-refractivity contribution in [3.8, 4) is 0 Å². The number of guanidine groups is 2. The molecule has 232 valence electrons. The Morgan fingerprint density at radius 3 is 2.32 bits per heavy atom. The van der Waals surface area contributed by atoms with Gasteiger partial charge in [-0.25, -0.2) is 4.99 Å². The van der Waals surface area contributed by atoms with Gasteiger partial charge in [-0.1, -0.05) is 0 Å². The third-order valence-electron chi connectivity index (χ3n) is 6.88. The maximum absolute atomic E-state index is 13.2. The Balaban J connectivity index is 1.85. The summed E-state index contributed by atoms with van der Waals surface area (Å²) < 4.78 is 5.53. The van der Waals surface area contributed by atoms with E-state index in [2.05, 4.69) is 31.3 Å². The Bertz CT molecular complexity index is 1000. The number of amides is 2. The van der Waals surface area contributed by atoms with Gasteiger partial charge < -0.3 is 77.6 Å². The number of hydrogen-bond donors (Lipinski definition) is 13. The Kier molecular flexibility index (Phi) is 11.1. The van der Waals surface area contributed by atoms with Crippen LogP contribution in [0, 0.1) is 0 Å². The highest BCUT2D eigenvalue weighted by Crippen LogP contribution is 2.28. The number of ether oxygens (including phenoxy) is 1. The van der Waals surface area contributed by atoms with Gasteiger partial charge in [-0.2, -0.15) is 0 Å². The van der Waals surface area contributed by atoms with Gasteiger partial charge in [-0.3, -0.25) is 19.9 Å². The lowest BCUT2D eigenvalue weighted by atomic mass is 9.95. The van der Waals surface area contributed by atoms with E-state index in [9.17, 15) is 50.1 Å². The van der Waals surface area contributed by atoms with Crippen molar-refractivity contribution in [3.63, 3.8) is 0 Å². The summed E-state index contributed by atoms with van der Waals surface area (Å²) in [4.78, 5) is 46.4. The average molecular weight is 592 g/mol. The van der Waals surface area contributed by atoms with Crippen LogP contribution in [0.1, 0.15) is 0 Å². The highest BCUT2D eigenvalue weighted by atomic mass is 16.6. The van der Waals surface area contributed by atoms with Gasteiger partial charge in [0.15, 0.2) is 18.1 Å². The van der Waals surface area contributed by atoms with Crippen LogP contribution >= 0.6 is 0 Å². The molecule has 15 N–H and O–H groups in total. The van der Waals surface area contributed by atoms with Gasteiger partial charge in [0.05, 0.1) is 39.0 Å². The second-order valence-corrected chi connectivity index (χ2v) is 9.63. The van der Waals surface area contributed by atoms with Crippen molar-refractivity contribution >= 4 is 30.0 Å². The lowest BCUT2D eigenvalue weighted by molar-refractivity contribution is -0.260. The summed E-state index contributed by atoms with van der Waals surface area (Å²) in [5, 5.41) is 81.0. The third kappa shape index (κ3) is 7.17. The van der Waals surface area contributed by atoms with Crippen LogP contribution in [0.3, 0.4) is 0 Å². The third-order valence-corrected chi connectivity index (χ3v) is 6.88. The number of rotatable bonds is 13. The highest BCUT2D eigenvalue weighted by Gasteiger charge is 2.51. The first kappa shape index (κ1) is 32.3. The van der Waals surface area contributed by atoms with Gasteiger partial charge in [0.25, 0.3) is 0 Å². The first-order chi connectivity index (χ1) is 19.5.